The van der Waals surface area contributed by atoms with Gasteiger partial charge in [-0.05, 0) is 12.6 Å². The predicted molar refractivity (Wildman–Crippen MR) is 50.7 cm³/mol. The van der Waals surface area contributed by atoms with E-state index in [0.717, 1.165) is 5.56 Å². The van der Waals surface area contributed by atoms with Crippen LogP contribution in [0.15, 0.2) is 30.3 Å². The Bertz CT molecular complexity index is 272. The SMILES string of the molecule is CNCC(C(=O)O)c1ccccc1. The number of hydrogen-bond acceptors (Lipinski definition) is 2. The monoisotopic (exact) mass is 179 g/mol. The van der Waals surface area contributed by atoms with Crippen LogP contribution in [0.4, 0.5) is 0 Å². The first kappa shape index (κ1) is 9.74. The van der Waals surface area contributed by atoms with Crippen molar-refractivity contribution in [2.75, 3.05) is 13.6 Å². The zero-order valence-corrected chi connectivity index (χ0v) is 7.53. The summed E-state index contributed by atoms with van der Waals surface area (Å²) in [6, 6.07) is 9.23. The van der Waals surface area contributed by atoms with Crippen molar-refractivity contribution in [3.8, 4) is 0 Å². The smallest absolute Gasteiger partial charge is 0.312 e. The molecule has 0 saturated carbocycles. The summed E-state index contributed by atoms with van der Waals surface area (Å²) < 4.78 is 0. The fourth-order valence-corrected chi connectivity index (χ4v) is 1.24. The molecular weight excluding hydrogens is 166 g/mol. The van der Waals surface area contributed by atoms with Gasteiger partial charge in [0.05, 0.1) is 5.92 Å². The molecule has 0 aliphatic carbocycles. The predicted octanol–water partition coefficient (Wildman–Crippen LogP) is 1.07. The molecule has 1 aromatic carbocycles. The van der Waals surface area contributed by atoms with Crippen molar-refractivity contribution < 1.29 is 9.90 Å². The number of likely N-dealkylation sites (N-methyl/N-ethyl adjacent to an activating group) is 1. The summed E-state index contributed by atoms with van der Waals surface area (Å²) in [6.07, 6.45) is 0. The van der Waals surface area contributed by atoms with Gasteiger partial charge in [0, 0.05) is 6.54 Å². The van der Waals surface area contributed by atoms with E-state index in [0.29, 0.717) is 6.54 Å². The maximum Gasteiger partial charge on any atom is 0.312 e. The minimum absolute atomic E-state index is 0.453. The molecule has 0 radical (unpaired) electrons. The van der Waals surface area contributed by atoms with Crippen LogP contribution in [0.5, 0.6) is 0 Å². The van der Waals surface area contributed by atoms with Gasteiger partial charge in [-0.15, -0.1) is 0 Å². The average Bonchev–Trinajstić information content (AvgIpc) is 2.15. The molecule has 0 fully saturated rings. The highest BCUT2D eigenvalue weighted by Gasteiger charge is 2.17. The van der Waals surface area contributed by atoms with E-state index in [1.807, 2.05) is 30.3 Å². The second-order valence-electron chi connectivity index (χ2n) is 2.86. The van der Waals surface area contributed by atoms with Crippen molar-refractivity contribution in [3.63, 3.8) is 0 Å². The maximum atomic E-state index is 10.8. The van der Waals surface area contributed by atoms with Crippen LogP contribution >= 0.6 is 0 Å². The van der Waals surface area contributed by atoms with Crippen LogP contribution in [0.1, 0.15) is 11.5 Å². The van der Waals surface area contributed by atoms with Crippen molar-refractivity contribution in [1.29, 1.82) is 0 Å². The van der Waals surface area contributed by atoms with Crippen LogP contribution in [-0.2, 0) is 4.79 Å². The van der Waals surface area contributed by atoms with E-state index in [1.54, 1.807) is 7.05 Å². The van der Waals surface area contributed by atoms with Crippen LogP contribution in [0.3, 0.4) is 0 Å². The number of carboxylic acid groups (broad SMARTS) is 1. The van der Waals surface area contributed by atoms with Crippen molar-refractivity contribution in [3.05, 3.63) is 35.9 Å². The Balaban J connectivity index is 2.82. The molecule has 3 heteroatoms. The molecule has 0 saturated heterocycles. The average molecular weight is 179 g/mol. The Kier molecular flexibility index (Phi) is 3.46. The topological polar surface area (TPSA) is 49.3 Å². The lowest BCUT2D eigenvalue weighted by atomic mass is 9.99. The molecule has 1 aromatic rings. The van der Waals surface area contributed by atoms with Gasteiger partial charge in [-0.25, -0.2) is 0 Å². The van der Waals surface area contributed by atoms with Crippen molar-refractivity contribution in [2.24, 2.45) is 0 Å². The first-order chi connectivity index (χ1) is 6.25. The molecule has 0 aliphatic heterocycles. The third-order valence-electron chi connectivity index (χ3n) is 1.91. The fourth-order valence-electron chi connectivity index (χ4n) is 1.24. The van der Waals surface area contributed by atoms with Gasteiger partial charge in [0.2, 0.25) is 0 Å². The number of nitrogens with one attached hydrogen (secondary N) is 1. The van der Waals surface area contributed by atoms with E-state index in [2.05, 4.69) is 5.32 Å². The van der Waals surface area contributed by atoms with Crippen LogP contribution in [0.25, 0.3) is 0 Å². The van der Waals surface area contributed by atoms with E-state index in [1.165, 1.54) is 0 Å². The van der Waals surface area contributed by atoms with Gasteiger partial charge in [-0.2, -0.15) is 0 Å². The number of aliphatic carboxylic acids is 1. The molecule has 0 spiro atoms. The molecule has 1 unspecified atom stereocenters. The zero-order valence-electron chi connectivity index (χ0n) is 7.53. The fraction of sp³-hybridized carbons (Fsp3) is 0.300. The number of hydrogen-bond donors (Lipinski definition) is 2. The third kappa shape index (κ3) is 2.56. The lowest BCUT2D eigenvalue weighted by Gasteiger charge is -2.11. The van der Waals surface area contributed by atoms with Gasteiger partial charge >= 0.3 is 5.97 Å². The second kappa shape index (κ2) is 4.62. The molecule has 0 aliphatic rings. The molecule has 0 heterocycles. The lowest BCUT2D eigenvalue weighted by molar-refractivity contribution is -0.138. The number of carbonyl (C=O) groups is 1. The van der Waals surface area contributed by atoms with Crippen LogP contribution < -0.4 is 5.32 Å². The molecule has 0 amide bonds. The summed E-state index contributed by atoms with van der Waals surface area (Å²) in [4.78, 5) is 10.8. The van der Waals surface area contributed by atoms with Gasteiger partial charge in [0.15, 0.2) is 0 Å². The Hall–Kier alpha value is -1.35. The number of rotatable bonds is 4. The van der Waals surface area contributed by atoms with E-state index in [-0.39, 0.29) is 0 Å². The Morgan fingerprint density at radius 1 is 1.46 bits per heavy atom. The molecule has 0 aromatic heterocycles. The summed E-state index contributed by atoms with van der Waals surface area (Å²) >= 11 is 0. The summed E-state index contributed by atoms with van der Waals surface area (Å²) in [5, 5.41) is 11.8. The minimum Gasteiger partial charge on any atom is -0.481 e. The first-order valence-electron chi connectivity index (χ1n) is 4.18. The van der Waals surface area contributed by atoms with Gasteiger partial charge in [0.1, 0.15) is 0 Å². The lowest BCUT2D eigenvalue weighted by Crippen LogP contribution is -2.23. The summed E-state index contributed by atoms with van der Waals surface area (Å²) in [7, 11) is 1.75. The Morgan fingerprint density at radius 3 is 2.54 bits per heavy atom. The molecular formula is C10H13NO2. The van der Waals surface area contributed by atoms with Crippen LogP contribution in [-0.4, -0.2) is 24.7 Å². The highest BCUT2D eigenvalue weighted by atomic mass is 16.4. The maximum absolute atomic E-state index is 10.8. The molecule has 1 atom stereocenters. The van der Waals surface area contributed by atoms with E-state index in [4.69, 9.17) is 5.11 Å². The third-order valence-corrected chi connectivity index (χ3v) is 1.91. The van der Waals surface area contributed by atoms with E-state index >= 15 is 0 Å². The Labute approximate surface area is 77.4 Å². The van der Waals surface area contributed by atoms with Gasteiger partial charge in [-0.3, -0.25) is 4.79 Å². The Morgan fingerprint density at radius 2 is 2.08 bits per heavy atom. The van der Waals surface area contributed by atoms with Crippen molar-refractivity contribution in [1.82, 2.24) is 5.32 Å². The van der Waals surface area contributed by atoms with Crippen molar-refractivity contribution in [2.45, 2.75) is 5.92 Å². The normalized spacial score (nSPS) is 12.4. The molecule has 3 nitrogen and oxygen atoms in total. The zero-order chi connectivity index (χ0) is 9.68. The number of carboxylic acids is 1. The summed E-state index contributed by atoms with van der Waals surface area (Å²) in [6.45, 7) is 0.458. The van der Waals surface area contributed by atoms with Gasteiger partial charge in [-0.1, -0.05) is 30.3 Å². The highest BCUT2D eigenvalue weighted by molar-refractivity contribution is 5.76. The number of benzene rings is 1. The second-order valence-corrected chi connectivity index (χ2v) is 2.86. The minimum atomic E-state index is -0.791. The molecule has 13 heavy (non-hydrogen) atoms. The quantitative estimate of drug-likeness (QED) is 0.727. The largest absolute Gasteiger partial charge is 0.481 e. The standard InChI is InChI=1S/C10H13NO2/c1-11-7-9(10(12)13)8-5-3-2-4-6-8/h2-6,9,11H,7H2,1H3,(H,12,13). The van der Waals surface area contributed by atoms with Crippen molar-refractivity contribution >= 4 is 5.97 Å². The first-order valence-corrected chi connectivity index (χ1v) is 4.18. The van der Waals surface area contributed by atoms with E-state index in [9.17, 15) is 4.79 Å². The molecule has 2 N–H and O–H groups in total. The van der Waals surface area contributed by atoms with Gasteiger partial charge in [0.25, 0.3) is 0 Å². The van der Waals surface area contributed by atoms with E-state index < -0.39 is 11.9 Å². The molecule has 70 valence electrons. The van der Waals surface area contributed by atoms with Crippen LogP contribution in [0, 0.1) is 0 Å². The molecule has 1 rings (SSSR count). The van der Waals surface area contributed by atoms with Crippen LogP contribution in [0.2, 0.25) is 0 Å². The summed E-state index contributed by atoms with van der Waals surface area (Å²) in [5.41, 5.74) is 0.837. The highest BCUT2D eigenvalue weighted by Crippen LogP contribution is 2.14. The summed E-state index contributed by atoms with van der Waals surface area (Å²) in [5.74, 6) is -1.24. The van der Waals surface area contributed by atoms with Gasteiger partial charge < -0.3 is 10.4 Å². The molecule has 0 bridgehead atoms.